The number of likely N-dealkylation sites (N-methyl/N-ethyl adjacent to an activating group) is 1. The van der Waals surface area contributed by atoms with Crippen LogP contribution in [0.25, 0.3) is 0 Å². The first-order valence-corrected chi connectivity index (χ1v) is 7.12. The van der Waals surface area contributed by atoms with Crippen molar-refractivity contribution in [3.05, 3.63) is 0 Å². The van der Waals surface area contributed by atoms with Gasteiger partial charge in [-0.25, -0.2) is 0 Å². The monoisotopic (exact) mass is 253 g/mol. The zero-order valence-electron chi connectivity index (χ0n) is 12.2. The normalized spacial score (nSPS) is 25.9. The van der Waals surface area contributed by atoms with Crippen LogP contribution >= 0.6 is 0 Å². The molecule has 0 radical (unpaired) electrons. The van der Waals surface area contributed by atoms with Crippen LogP contribution in [0.15, 0.2) is 0 Å². The summed E-state index contributed by atoms with van der Waals surface area (Å²) >= 11 is 0. The van der Waals surface area contributed by atoms with Gasteiger partial charge in [0, 0.05) is 24.7 Å². The van der Waals surface area contributed by atoms with Gasteiger partial charge >= 0.3 is 0 Å². The van der Waals surface area contributed by atoms with Gasteiger partial charge in [-0.3, -0.25) is 4.79 Å². The summed E-state index contributed by atoms with van der Waals surface area (Å²) in [6.45, 7) is 6.12. The molecule has 1 unspecified atom stereocenters. The average Bonchev–Trinajstić information content (AvgIpc) is 3.07. The molecule has 0 spiro atoms. The lowest BCUT2D eigenvalue weighted by Crippen LogP contribution is -2.57. The summed E-state index contributed by atoms with van der Waals surface area (Å²) < 4.78 is 0. The number of hydrogen-bond donors (Lipinski definition) is 1. The van der Waals surface area contributed by atoms with E-state index in [9.17, 15) is 4.79 Å². The van der Waals surface area contributed by atoms with Crippen LogP contribution in [0.5, 0.6) is 0 Å². The van der Waals surface area contributed by atoms with Crippen LogP contribution in [0, 0.1) is 0 Å². The molecule has 0 aromatic heterocycles. The van der Waals surface area contributed by atoms with E-state index < -0.39 is 0 Å². The maximum Gasteiger partial charge on any atom is 0.239 e. The summed E-state index contributed by atoms with van der Waals surface area (Å²) in [7, 11) is 4.16. The van der Waals surface area contributed by atoms with E-state index in [1.54, 1.807) is 0 Å². The Kier molecular flexibility index (Phi) is 3.97. The van der Waals surface area contributed by atoms with Crippen molar-refractivity contribution in [2.45, 2.75) is 57.2 Å². The zero-order valence-corrected chi connectivity index (χ0v) is 12.2. The highest BCUT2D eigenvalue weighted by Gasteiger charge is 2.35. The van der Waals surface area contributed by atoms with Crippen molar-refractivity contribution in [3.8, 4) is 0 Å². The van der Waals surface area contributed by atoms with E-state index in [2.05, 4.69) is 38.2 Å². The molecule has 104 valence electrons. The Bertz CT molecular complexity index is 310. The van der Waals surface area contributed by atoms with Gasteiger partial charge in [0.2, 0.25) is 5.91 Å². The van der Waals surface area contributed by atoms with E-state index in [-0.39, 0.29) is 11.6 Å². The van der Waals surface area contributed by atoms with Crippen LogP contribution in [0.3, 0.4) is 0 Å². The van der Waals surface area contributed by atoms with Gasteiger partial charge in [0.1, 0.15) is 0 Å². The summed E-state index contributed by atoms with van der Waals surface area (Å²) in [6.07, 6.45) is 4.62. The Hall–Kier alpha value is -0.610. The molecular weight excluding hydrogens is 226 g/mol. The van der Waals surface area contributed by atoms with Crippen molar-refractivity contribution < 1.29 is 4.79 Å². The first-order valence-electron chi connectivity index (χ1n) is 7.12. The summed E-state index contributed by atoms with van der Waals surface area (Å²) in [6, 6.07) is 0.685. The van der Waals surface area contributed by atoms with Crippen molar-refractivity contribution in [2.75, 3.05) is 27.2 Å². The second-order valence-corrected chi connectivity index (χ2v) is 6.60. The van der Waals surface area contributed by atoms with Crippen LogP contribution in [0.1, 0.15) is 39.5 Å². The van der Waals surface area contributed by atoms with Gasteiger partial charge in [0.05, 0.1) is 6.04 Å². The Morgan fingerprint density at radius 1 is 1.33 bits per heavy atom. The largest absolute Gasteiger partial charge is 0.340 e. The number of piperidine rings is 1. The van der Waals surface area contributed by atoms with Gasteiger partial charge in [-0.1, -0.05) is 0 Å². The van der Waals surface area contributed by atoms with Crippen molar-refractivity contribution in [3.63, 3.8) is 0 Å². The predicted octanol–water partition coefficient (Wildman–Crippen LogP) is 1.07. The van der Waals surface area contributed by atoms with Gasteiger partial charge in [0.15, 0.2) is 0 Å². The van der Waals surface area contributed by atoms with E-state index in [4.69, 9.17) is 0 Å². The smallest absolute Gasteiger partial charge is 0.239 e. The molecule has 2 fully saturated rings. The number of carbonyl (C=O) groups excluding carboxylic acids is 1. The van der Waals surface area contributed by atoms with E-state index >= 15 is 0 Å². The molecule has 1 heterocycles. The van der Waals surface area contributed by atoms with E-state index in [0.29, 0.717) is 11.9 Å². The molecular formula is C14H27N3O. The summed E-state index contributed by atoms with van der Waals surface area (Å²) in [5, 5.41) is 3.48. The highest BCUT2D eigenvalue weighted by atomic mass is 16.2. The maximum atomic E-state index is 12.4. The molecule has 18 heavy (non-hydrogen) atoms. The fourth-order valence-electron chi connectivity index (χ4n) is 2.39. The molecule has 2 aliphatic rings. The van der Waals surface area contributed by atoms with Crippen molar-refractivity contribution >= 4 is 5.91 Å². The van der Waals surface area contributed by atoms with Crippen LogP contribution in [-0.4, -0.2) is 60.5 Å². The molecule has 0 bridgehead atoms. The molecule has 1 amide bonds. The van der Waals surface area contributed by atoms with Crippen LogP contribution < -0.4 is 5.32 Å². The maximum absolute atomic E-state index is 12.4. The third kappa shape index (κ3) is 3.23. The molecule has 0 aromatic rings. The van der Waals surface area contributed by atoms with Gasteiger partial charge in [-0.2, -0.15) is 0 Å². The Labute approximate surface area is 111 Å². The number of hydrogen-bond acceptors (Lipinski definition) is 3. The molecule has 4 nitrogen and oxygen atoms in total. The summed E-state index contributed by atoms with van der Waals surface area (Å²) in [5.74, 6) is 0.308. The van der Waals surface area contributed by atoms with E-state index in [1.807, 2.05) is 4.90 Å². The third-order valence-electron chi connectivity index (χ3n) is 4.33. The highest BCUT2D eigenvalue weighted by molar-refractivity contribution is 5.82. The lowest BCUT2D eigenvalue weighted by atomic mass is 9.99. The molecule has 1 saturated heterocycles. The summed E-state index contributed by atoms with van der Waals surface area (Å²) in [4.78, 5) is 16.7. The minimum atomic E-state index is 0.0388. The van der Waals surface area contributed by atoms with Gasteiger partial charge in [-0.05, 0) is 53.6 Å². The molecule has 1 N–H and O–H groups in total. The van der Waals surface area contributed by atoms with Gasteiger partial charge in [-0.15, -0.1) is 0 Å². The van der Waals surface area contributed by atoms with Crippen LogP contribution in [0.4, 0.5) is 0 Å². The number of nitrogens with zero attached hydrogens (tertiary/aromatic N) is 2. The Morgan fingerprint density at radius 2 is 2.00 bits per heavy atom. The van der Waals surface area contributed by atoms with Crippen molar-refractivity contribution in [1.29, 1.82) is 0 Å². The van der Waals surface area contributed by atoms with Crippen molar-refractivity contribution in [1.82, 2.24) is 15.1 Å². The molecule has 2 rings (SSSR count). The lowest BCUT2D eigenvalue weighted by molar-refractivity contribution is -0.137. The third-order valence-corrected chi connectivity index (χ3v) is 4.33. The minimum absolute atomic E-state index is 0.0388. The highest BCUT2D eigenvalue weighted by Crippen LogP contribution is 2.23. The van der Waals surface area contributed by atoms with Crippen molar-refractivity contribution in [2.24, 2.45) is 0 Å². The number of amides is 1. The molecule has 1 saturated carbocycles. The van der Waals surface area contributed by atoms with Gasteiger partial charge < -0.3 is 15.1 Å². The second-order valence-electron chi connectivity index (χ2n) is 6.60. The molecule has 1 aliphatic carbocycles. The van der Waals surface area contributed by atoms with Crippen LogP contribution in [-0.2, 0) is 4.79 Å². The molecule has 1 aliphatic heterocycles. The predicted molar refractivity (Wildman–Crippen MR) is 73.5 cm³/mol. The molecule has 1 atom stereocenters. The number of likely N-dealkylation sites (tertiary alicyclic amines) is 1. The van der Waals surface area contributed by atoms with E-state index in [1.165, 1.54) is 12.8 Å². The Morgan fingerprint density at radius 3 is 2.56 bits per heavy atom. The van der Waals surface area contributed by atoms with E-state index in [0.717, 1.165) is 25.9 Å². The SMILES string of the molecule is CN(C)C(C)(C)CN1CCCC(NC2CC2)C1=O. The first kappa shape index (κ1) is 13.8. The Balaban J connectivity index is 1.93. The fourth-order valence-corrected chi connectivity index (χ4v) is 2.39. The average molecular weight is 253 g/mol. The minimum Gasteiger partial charge on any atom is -0.340 e. The molecule has 0 aromatic carbocycles. The lowest BCUT2D eigenvalue weighted by Gasteiger charge is -2.41. The van der Waals surface area contributed by atoms with Gasteiger partial charge in [0.25, 0.3) is 0 Å². The number of carbonyl (C=O) groups is 1. The van der Waals surface area contributed by atoms with Crippen LogP contribution in [0.2, 0.25) is 0 Å². The quantitative estimate of drug-likeness (QED) is 0.796. The number of nitrogens with one attached hydrogen (secondary N) is 1. The topological polar surface area (TPSA) is 35.6 Å². The summed E-state index contributed by atoms with van der Waals surface area (Å²) in [5.41, 5.74) is 0.0388. The standard InChI is InChI=1S/C14H27N3O/c1-14(2,16(3)4)10-17-9-5-6-12(13(17)18)15-11-7-8-11/h11-12,15H,5-10H2,1-4H3. The molecule has 4 heteroatoms. The zero-order chi connectivity index (χ0) is 13.3. The fraction of sp³-hybridized carbons (Fsp3) is 0.929. The second kappa shape index (κ2) is 5.17. The number of rotatable bonds is 5. The first-order chi connectivity index (χ1) is 8.40.